The van der Waals surface area contributed by atoms with Crippen molar-refractivity contribution in [2.75, 3.05) is 0 Å². The van der Waals surface area contributed by atoms with Crippen molar-refractivity contribution in [1.82, 2.24) is 5.43 Å². The van der Waals surface area contributed by atoms with Crippen molar-refractivity contribution in [2.24, 2.45) is 11.3 Å². The number of hydrazine groups is 1. The van der Waals surface area contributed by atoms with Gasteiger partial charge in [-0.05, 0) is 43.2 Å². The average molecular weight is 234 g/mol. The van der Waals surface area contributed by atoms with Crippen molar-refractivity contribution >= 4 is 0 Å². The van der Waals surface area contributed by atoms with E-state index in [1.165, 1.54) is 16.7 Å². The largest absolute Gasteiger partial charge is 0.271 e. The van der Waals surface area contributed by atoms with Gasteiger partial charge in [0, 0.05) is 6.04 Å². The van der Waals surface area contributed by atoms with Crippen molar-refractivity contribution < 1.29 is 0 Å². The van der Waals surface area contributed by atoms with Crippen molar-refractivity contribution in [1.29, 1.82) is 0 Å². The van der Waals surface area contributed by atoms with E-state index in [9.17, 15) is 0 Å². The van der Waals surface area contributed by atoms with Crippen LogP contribution in [0.25, 0.3) is 0 Å². The third-order valence-electron chi connectivity index (χ3n) is 3.98. The van der Waals surface area contributed by atoms with Crippen LogP contribution in [-0.4, -0.2) is 6.04 Å². The van der Waals surface area contributed by atoms with Gasteiger partial charge in [-0.1, -0.05) is 44.5 Å². The molecule has 0 saturated carbocycles. The monoisotopic (exact) mass is 234 g/mol. The van der Waals surface area contributed by atoms with Gasteiger partial charge >= 0.3 is 0 Å². The third kappa shape index (κ3) is 3.55. The summed E-state index contributed by atoms with van der Waals surface area (Å²) in [4.78, 5) is 0. The molecule has 1 aromatic carbocycles. The molecule has 1 rings (SSSR count). The molecule has 3 N–H and O–H groups in total. The number of hydrogen-bond acceptors (Lipinski definition) is 2. The minimum atomic E-state index is 0.213. The highest BCUT2D eigenvalue weighted by Crippen LogP contribution is 2.27. The highest BCUT2D eigenvalue weighted by Gasteiger charge is 2.27. The topological polar surface area (TPSA) is 38.0 Å². The molecule has 2 nitrogen and oxygen atoms in total. The lowest BCUT2D eigenvalue weighted by Crippen LogP contribution is -2.47. The predicted octanol–water partition coefficient (Wildman–Crippen LogP) is 3.11. The second-order valence-electron chi connectivity index (χ2n) is 5.70. The summed E-state index contributed by atoms with van der Waals surface area (Å²) in [5.41, 5.74) is 7.26. The SMILES string of the molecule is CCC(C)(C)C(Cc1cc(C)ccc1C)NN. The first-order chi connectivity index (χ1) is 7.90. The number of aryl methyl sites for hydroxylation is 2. The molecule has 1 unspecified atom stereocenters. The van der Waals surface area contributed by atoms with Gasteiger partial charge in [0.2, 0.25) is 0 Å². The van der Waals surface area contributed by atoms with Gasteiger partial charge < -0.3 is 0 Å². The molecule has 0 aliphatic rings. The molecule has 0 radical (unpaired) electrons. The zero-order chi connectivity index (χ0) is 13.1. The molecule has 0 fully saturated rings. The predicted molar refractivity (Wildman–Crippen MR) is 74.8 cm³/mol. The highest BCUT2D eigenvalue weighted by atomic mass is 15.2. The van der Waals surface area contributed by atoms with E-state index in [2.05, 4.69) is 58.2 Å². The second-order valence-corrected chi connectivity index (χ2v) is 5.70. The number of rotatable bonds is 5. The van der Waals surface area contributed by atoms with Crippen LogP contribution in [0.5, 0.6) is 0 Å². The van der Waals surface area contributed by atoms with E-state index in [0.717, 1.165) is 12.8 Å². The molecule has 2 heteroatoms. The van der Waals surface area contributed by atoms with Crippen LogP contribution in [0.3, 0.4) is 0 Å². The molecular weight excluding hydrogens is 208 g/mol. The normalized spacial score (nSPS) is 13.8. The number of nitrogens with two attached hydrogens (primary N) is 1. The van der Waals surface area contributed by atoms with Crippen LogP contribution in [0.15, 0.2) is 18.2 Å². The molecule has 0 spiro atoms. The Hall–Kier alpha value is -0.860. The van der Waals surface area contributed by atoms with Gasteiger partial charge in [-0.2, -0.15) is 0 Å². The second kappa shape index (κ2) is 5.65. The van der Waals surface area contributed by atoms with E-state index in [1.54, 1.807) is 0 Å². The Bertz CT molecular complexity index is 369. The van der Waals surface area contributed by atoms with Crippen LogP contribution >= 0.6 is 0 Å². The summed E-state index contributed by atoms with van der Waals surface area (Å²) in [6.07, 6.45) is 2.11. The molecule has 1 atom stereocenters. The lowest BCUT2D eigenvalue weighted by Gasteiger charge is -2.33. The van der Waals surface area contributed by atoms with Crippen molar-refractivity contribution in [3.8, 4) is 0 Å². The molecule has 0 aliphatic heterocycles. The fourth-order valence-corrected chi connectivity index (χ4v) is 2.05. The summed E-state index contributed by atoms with van der Waals surface area (Å²) >= 11 is 0. The first kappa shape index (κ1) is 14.2. The lowest BCUT2D eigenvalue weighted by molar-refractivity contribution is 0.231. The zero-order valence-corrected chi connectivity index (χ0v) is 11.8. The Balaban J connectivity index is 2.91. The van der Waals surface area contributed by atoms with Crippen molar-refractivity contribution in [3.05, 3.63) is 34.9 Å². The van der Waals surface area contributed by atoms with Crippen LogP contribution in [-0.2, 0) is 6.42 Å². The van der Waals surface area contributed by atoms with Crippen LogP contribution in [0.4, 0.5) is 0 Å². The van der Waals surface area contributed by atoms with E-state index in [-0.39, 0.29) is 5.41 Å². The van der Waals surface area contributed by atoms with Crippen LogP contribution < -0.4 is 11.3 Å². The molecule has 0 saturated heterocycles. The number of hydrogen-bond donors (Lipinski definition) is 2. The summed E-state index contributed by atoms with van der Waals surface area (Å²) in [6, 6.07) is 6.94. The molecule has 0 aromatic heterocycles. The van der Waals surface area contributed by atoms with Crippen LogP contribution in [0.1, 0.15) is 43.9 Å². The smallest absolute Gasteiger partial charge is 0.0301 e. The lowest BCUT2D eigenvalue weighted by atomic mass is 9.78. The Morgan fingerprint density at radius 3 is 2.47 bits per heavy atom. The Kier molecular flexibility index (Phi) is 4.72. The molecule has 0 heterocycles. The van der Waals surface area contributed by atoms with Gasteiger partial charge in [0.25, 0.3) is 0 Å². The molecular formula is C15H26N2. The van der Waals surface area contributed by atoms with Gasteiger partial charge in [0.15, 0.2) is 0 Å². The molecule has 0 aliphatic carbocycles. The van der Waals surface area contributed by atoms with Gasteiger partial charge in [-0.25, -0.2) is 0 Å². The van der Waals surface area contributed by atoms with Gasteiger partial charge in [0.1, 0.15) is 0 Å². The van der Waals surface area contributed by atoms with E-state index in [4.69, 9.17) is 5.84 Å². The summed E-state index contributed by atoms with van der Waals surface area (Å²) in [7, 11) is 0. The quantitative estimate of drug-likeness (QED) is 0.607. The van der Waals surface area contributed by atoms with Gasteiger partial charge in [-0.15, -0.1) is 0 Å². The minimum Gasteiger partial charge on any atom is -0.271 e. The Morgan fingerprint density at radius 2 is 1.94 bits per heavy atom. The minimum absolute atomic E-state index is 0.213. The van der Waals surface area contributed by atoms with E-state index in [0.29, 0.717) is 6.04 Å². The fourth-order valence-electron chi connectivity index (χ4n) is 2.05. The zero-order valence-electron chi connectivity index (χ0n) is 11.8. The maximum atomic E-state index is 5.72. The van der Waals surface area contributed by atoms with Crippen LogP contribution in [0, 0.1) is 19.3 Å². The maximum Gasteiger partial charge on any atom is 0.0301 e. The van der Waals surface area contributed by atoms with Crippen molar-refractivity contribution in [2.45, 2.75) is 53.5 Å². The summed E-state index contributed by atoms with van der Waals surface area (Å²) in [5.74, 6) is 5.72. The first-order valence-corrected chi connectivity index (χ1v) is 6.43. The molecule has 0 amide bonds. The van der Waals surface area contributed by atoms with Gasteiger partial charge in [-0.3, -0.25) is 11.3 Å². The van der Waals surface area contributed by atoms with Gasteiger partial charge in [0.05, 0.1) is 0 Å². The number of benzene rings is 1. The van der Waals surface area contributed by atoms with Crippen LogP contribution in [0.2, 0.25) is 0 Å². The van der Waals surface area contributed by atoms with E-state index in [1.807, 2.05) is 0 Å². The summed E-state index contributed by atoms with van der Waals surface area (Å²) in [6.45, 7) is 11.1. The average Bonchev–Trinajstić information content (AvgIpc) is 2.30. The van der Waals surface area contributed by atoms with Crippen molar-refractivity contribution in [3.63, 3.8) is 0 Å². The van der Waals surface area contributed by atoms with E-state index < -0.39 is 0 Å². The Labute approximate surface area is 106 Å². The van der Waals surface area contributed by atoms with E-state index >= 15 is 0 Å². The first-order valence-electron chi connectivity index (χ1n) is 6.43. The summed E-state index contributed by atoms with van der Waals surface area (Å²) < 4.78 is 0. The molecule has 1 aromatic rings. The fraction of sp³-hybridized carbons (Fsp3) is 0.600. The third-order valence-corrected chi connectivity index (χ3v) is 3.98. The molecule has 96 valence electrons. The molecule has 17 heavy (non-hydrogen) atoms. The standard InChI is InChI=1S/C15H26N2/c1-6-15(4,5)14(17-16)10-13-9-11(2)7-8-12(13)3/h7-9,14,17H,6,10,16H2,1-5H3. The highest BCUT2D eigenvalue weighted by molar-refractivity contribution is 5.31. The number of nitrogens with one attached hydrogen (secondary N) is 1. The summed E-state index contributed by atoms with van der Waals surface area (Å²) in [5, 5.41) is 0. The maximum absolute atomic E-state index is 5.72. The molecule has 0 bridgehead atoms. The Morgan fingerprint density at radius 1 is 1.29 bits per heavy atom.